The summed E-state index contributed by atoms with van der Waals surface area (Å²) in [6, 6.07) is 8.71. The molecule has 0 unspecified atom stereocenters. The molecule has 7 heteroatoms. The Morgan fingerprint density at radius 3 is 2.43 bits per heavy atom. The SMILES string of the molecule is CC1=[N+](CCCCCC(=O)O)c2ccc3ccc(S(=O)(=O)O)cc3c2C1(C)C. The predicted molar refractivity (Wildman–Crippen MR) is 108 cm³/mol. The van der Waals surface area contributed by atoms with Gasteiger partial charge in [-0.15, -0.1) is 0 Å². The Hall–Kier alpha value is -2.25. The lowest BCUT2D eigenvalue weighted by Crippen LogP contribution is -2.27. The number of nitrogens with zero attached hydrogens (tertiary/aromatic N) is 1. The van der Waals surface area contributed by atoms with Gasteiger partial charge in [0, 0.05) is 31.4 Å². The summed E-state index contributed by atoms with van der Waals surface area (Å²) < 4.78 is 34.9. The highest BCUT2D eigenvalue weighted by atomic mass is 32.2. The Morgan fingerprint density at radius 2 is 1.79 bits per heavy atom. The molecule has 6 nitrogen and oxygen atoms in total. The van der Waals surface area contributed by atoms with Crippen molar-refractivity contribution < 1.29 is 27.4 Å². The Bertz CT molecular complexity index is 1080. The molecule has 0 aliphatic carbocycles. The number of benzene rings is 2. The quantitative estimate of drug-likeness (QED) is 0.411. The minimum Gasteiger partial charge on any atom is -0.481 e. The zero-order valence-electron chi connectivity index (χ0n) is 16.4. The number of hydrogen-bond donors (Lipinski definition) is 2. The first kappa shape index (κ1) is 20.5. The van der Waals surface area contributed by atoms with Crippen molar-refractivity contribution in [3.05, 3.63) is 35.9 Å². The molecule has 1 aliphatic rings. The van der Waals surface area contributed by atoms with Crippen molar-refractivity contribution in [1.29, 1.82) is 0 Å². The van der Waals surface area contributed by atoms with Gasteiger partial charge in [0.25, 0.3) is 10.1 Å². The molecule has 2 aromatic rings. The largest absolute Gasteiger partial charge is 0.481 e. The second kappa shape index (κ2) is 7.29. The van der Waals surface area contributed by atoms with E-state index in [2.05, 4.69) is 31.4 Å². The fraction of sp³-hybridized carbons (Fsp3) is 0.429. The molecule has 2 N–H and O–H groups in total. The lowest BCUT2D eigenvalue weighted by atomic mass is 9.80. The maximum absolute atomic E-state index is 11.6. The summed E-state index contributed by atoms with van der Waals surface area (Å²) in [7, 11) is -4.27. The summed E-state index contributed by atoms with van der Waals surface area (Å²) >= 11 is 0. The monoisotopic (exact) mass is 404 g/mol. The zero-order valence-corrected chi connectivity index (χ0v) is 17.2. The molecule has 0 atom stereocenters. The van der Waals surface area contributed by atoms with Gasteiger partial charge in [0.05, 0.1) is 10.3 Å². The Labute approximate surface area is 165 Å². The predicted octanol–water partition coefficient (Wildman–Crippen LogP) is 4.13. The summed E-state index contributed by atoms with van der Waals surface area (Å²) in [6.45, 7) is 7.09. The number of carbonyl (C=O) groups is 1. The summed E-state index contributed by atoms with van der Waals surface area (Å²) in [5.74, 6) is -0.767. The molecule has 150 valence electrons. The topological polar surface area (TPSA) is 94.7 Å². The summed E-state index contributed by atoms with van der Waals surface area (Å²) in [4.78, 5) is 10.6. The number of carboxylic acids is 1. The third kappa shape index (κ3) is 3.69. The third-order valence-corrected chi connectivity index (χ3v) is 6.62. The Morgan fingerprint density at radius 1 is 1.11 bits per heavy atom. The molecular weight excluding hydrogens is 378 g/mol. The maximum Gasteiger partial charge on any atom is 0.303 e. The van der Waals surface area contributed by atoms with Crippen molar-refractivity contribution in [2.75, 3.05) is 6.54 Å². The number of aliphatic carboxylic acids is 1. The second-order valence-electron chi connectivity index (χ2n) is 7.88. The molecule has 1 heterocycles. The molecule has 0 amide bonds. The van der Waals surface area contributed by atoms with Gasteiger partial charge in [-0.25, -0.2) is 0 Å². The van der Waals surface area contributed by atoms with Gasteiger partial charge in [-0.3, -0.25) is 9.35 Å². The average molecular weight is 405 g/mol. The lowest BCUT2D eigenvalue weighted by Gasteiger charge is -2.17. The van der Waals surface area contributed by atoms with Gasteiger partial charge in [-0.2, -0.15) is 13.0 Å². The molecule has 0 spiro atoms. The number of unbranched alkanes of at least 4 members (excludes halogenated alkanes) is 2. The van der Waals surface area contributed by atoms with Crippen molar-refractivity contribution in [3.8, 4) is 0 Å². The van der Waals surface area contributed by atoms with Crippen molar-refractivity contribution in [1.82, 2.24) is 0 Å². The Balaban J connectivity index is 2.00. The first-order valence-corrected chi connectivity index (χ1v) is 10.9. The van der Waals surface area contributed by atoms with Crippen LogP contribution >= 0.6 is 0 Å². The number of carboxylic acid groups (broad SMARTS) is 1. The maximum atomic E-state index is 11.6. The highest BCUT2D eigenvalue weighted by molar-refractivity contribution is 7.85. The zero-order chi connectivity index (χ0) is 20.7. The first-order valence-electron chi connectivity index (χ1n) is 9.41. The van der Waals surface area contributed by atoms with Crippen molar-refractivity contribution in [3.63, 3.8) is 0 Å². The van der Waals surface area contributed by atoms with E-state index in [0.29, 0.717) is 6.42 Å². The normalized spacial score (nSPS) is 15.9. The molecule has 1 aliphatic heterocycles. The minimum atomic E-state index is -4.27. The van der Waals surface area contributed by atoms with Crippen LogP contribution in [0.5, 0.6) is 0 Å². The molecule has 0 fully saturated rings. The van der Waals surface area contributed by atoms with Gasteiger partial charge in [0.2, 0.25) is 5.69 Å². The van der Waals surface area contributed by atoms with Crippen LogP contribution in [0, 0.1) is 0 Å². The van der Waals surface area contributed by atoms with Crippen LogP contribution in [0.4, 0.5) is 5.69 Å². The van der Waals surface area contributed by atoms with Gasteiger partial charge in [0.1, 0.15) is 6.54 Å². The summed E-state index contributed by atoms with van der Waals surface area (Å²) in [6.07, 6.45) is 2.57. The van der Waals surface area contributed by atoms with E-state index in [4.69, 9.17) is 5.11 Å². The van der Waals surface area contributed by atoms with Crippen LogP contribution < -0.4 is 0 Å². The fourth-order valence-corrected chi connectivity index (χ4v) is 4.55. The van der Waals surface area contributed by atoms with Crippen molar-refractivity contribution in [2.24, 2.45) is 0 Å². The molecule has 3 rings (SSSR count). The molecule has 0 saturated heterocycles. The van der Waals surface area contributed by atoms with E-state index in [1.165, 1.54) is 11.8 Å². The summed E-state index contributed by atoms with van der Waals surface area (Å²) in [5.41, 5.74) is 2.98. The van der Waals surface area contributed by atoms with Gasteiger partial charge in [-0.1, -0.05) is 6.07 Å². The molecule has 0 radical (unpaired) electrons. The lowest BCUT2D eigenvalue weighted by molar-refractivity contribution is -0.439. The van der Waals surface area contributed by atoms with Crippen LogP contribution in [0.2, 0.25) is 0 Å². The standard InChI is InChI=1S/C21H25NO5S/c1-14-21(2,3)20-17-13-16(28(25,26)27)10-8-15(17)9-11-18(20)22(14)12-6-4-5-7-19(23)24/h8-11,13H,4-7,12H2,1-3H3,(H-,23,24,25,26,27)/p+1. The minimum absolute atomic E-state index is 0.103. The fourth-order valence-electron chi connectivity index (χ4n) is 4.04. The van der Waals surface area contributed by atoms with Gasteiger partial charge in [0.15, 0.2) is 5.71 Å². The van der Waals surface area contributed by atoms with Crippen molar-refractivity contribution >= 4 is 38.3 Å². The van der Waals surface area contributed by atoms with Crippen LogP contribution in [0.1, 0.15) is 52.0 Å². The van der Waals surface area contributed by atoms with Crippen LogP contribution in [0.3, 0.4) is 0 Å². The number of hydrogen-bond acceptors (Lipinski definition) is 3. The molecule has 0 aromatic heterocycles. The molecule has 0 bridgehead atoms. The van der Waals surface area contributed by atoms with E-state index >= 15 is 0 Å². The van der Waals surface area contributed by atoms with Crippen LogP contribution in [0.25, 0.3) is 10.8 Å². The number of fused-ring (bicyclic) bond motifs is 3. The molecular formula is C21H26NO5S+. The van der Waals surface area contributed by atoms with Crippen LogP contribution in [0.15, 0.2) is 35.2 Å². The highest BCUT2D eigenvalue weighted by Gasteiger charge is 2.44. The van der Waals surface area contributed by atoms with E-state index in [9.17, 15) is 17.8 Å². The first-order chi connectivity index (χ1) is 13.0. The average Bonchev–Trinajstić information content (AvgIpc) is 2.80. The third-order valence-electron chi connectivity index (χ3n) is 5.77. The van der Waals surface area contributed by atoms with Crippen molar-refractivity contribution in [2.45, 2.75) is 56.8 Å². The smallest absolute Gasteiger partial charge is 0.303 e. The summed E-state index contributed by atoms with van der Waals surface area (Å²) in [5, 5.41) is 10.5. The van der Waals surface area contributed by atoms with E-state index in [1.807, 2.05) is 6.07 Å². The molecule has 28 heavy (non-hydrogen) atoms. The second-order valence-corrected chi connectivity index (χ2v) is 9.31. The van der Waals surface area contributed by atoms with Crippen LogP contribution in [-0.2, 0) is 20.3 Å². The Kier molecular flexibility index (Phi) is 5.34. The molecule has 2 aromatic carbocycles. The highest BCUT2D eigenvalue weighted by Crippen LogP contribution is 2.44. The van der Waals surface area contributed by atoms with Gasteiger partial charge in [-0.05, 0) is 55.7 Å². The van der Waals surface area contributed by atoms with E-state index in [1.54, 1.807) is 12.1 Å². The molecule has 0 saturated carbocycles. The van der Waals surface area contributed by atoms with Crippen LogP contribution in [-0.4, -0.2) is 40.9 Å². The van der Waals surface area contributed by atoms with E-state index in [0.717, 1.165) is 41.4 Å². The van der Waals surface area contributed by atoms with E-state index < -0.39 is 16.1 Å². The van der Waals surface area contributed by atoms with Gasteiger partial charge >= 0.3 is 5.97 Å². The number of rotatable bonds is 7. The van der Waals surface area contributed by atoms with E-state index in [-0.39, 0.29) is 16.7 Å². The van der Waals surface area contributed by atoms with Gasteiger partial charge < -0.3 is 5.11 Å².